The van der Waals surface area contributed by atoms with Gasteiger partial charge in [0.25, 0.3) is 5.91 Å². The minimum atomic E-state index is -1.31. The normalized spacial score (nSPS) is 16.2. The Morgan fingerprint density at radius 3 is 2.65 bits per heavy atom. The number of fused-ring (bicyclic) bond motifs is 1. The van der Waals surface area contributed by atoms with E-state index in [-0.39, 0.29) is 17.0 Å². The largest absolute Gasteiger partial charge is 0.464 e. The molecule has 6 nitrogen and oxygen atoms in total. The number of rotatable bonds is 4. The predicted molar refractivity (Wildman–Crippen MR) is 96.7 cm³/mol. The van der Waals surface area contributed by atoms with Gasteiger partial charge in [0.2, 0.25) is 6.10 Å². The summed E-state index contributed by atoms with van der Waals surface area (Å²) in [5, 5.41) is 3.28. The number of hydrogen-bond donors (Lipinski definition) is 1. The maximum absolute atomic E-state index is 12.9. The molecule has 0 radical (unpaired) electrons. The number of aryl methyl sites for hydroxylation is 1. The van der Waals surface area contributed by atoms with Crippen molar-refractivity contribution in [2.45, 2.75) is 58.1 Å². The maximum atomic E-state index is 12.9. The van der Waals surface area contributed by atoms with Gasteiger partial charge in [-0.2, -0.15) is 0 Å². The standard InChI is InChI=1S/C20H23NO5/c1-12-8-9-17-15(10-12)18(23)16(11-25-17)19(26-13(2)22)20(24)21-14-6-4-3-5-7-14/h8-11,14,19H,3-7H2,1-2H3,(H,21,24). The molecule has 1 saturated carbocycles. The number of benzene rings is 1. The summed E-state index contributed by atoms with van der Waals surface area (Å²) in [6.07, 6.45) is 4.96. The fourth-order valence-electron chi connectivity index (χ4n) is 3.39. The van der Waals surface area contributed by atoms with Crippen molar-refractivity contribution >= 4 is 22.8 Å². The second kappa shape index (κ2) is 7.72. The summed E-state index contributed by atoms with van der Waals surface area (Å²) in [6, 6.07) is 5.29. The van der Waals surface area contributed by atoms with Crippen LogP contribution in [0.5, 0.6) is 0 Å². The van der Waals surface area contributed by atoms with Gasteiger partial charge in [0.15, 0.2) is 5.43 Å². The molecule has 0 bridgehead atoms. The Morgan fingerprint density at radius 2 is 1.96 bits per heavy atom. The van der Waals surface area contributed by atoms with E-state index in [0.717, 1.165) is 37.7 Å². The highest BCUT2D eigenvalue weighted by Crippen LogP contribution is 2.22. The molecule has 1 atom stereocenters. The fourth-order valence-corrected chi connectivity index (χ4v) is 3.39. The molecular formula is C20H23NO5. The SMILES string of the molecule is CC(=O)OC(C(=O)NC1CCCCC1)c1coc2ccc(C)cc2c1=O. The molecule has 26 heavy (non-hydrogen) atoms. The van der Waals surface area contributed by atoms with Crippen LogP contribution in [-0.4, -0.2) is 17.9 Å². The average Bonchev–Trinajstić information content (AvgIpc) is 2.61. The van der Waals surface area contributed by atoms with Crippen molar-refractivity contribution in [1.82, 2.24) is 5.32 Å². The molecule has 1 amide bonds. The third-order valence-corrected chi connectivity index (χ3v) is 4.71. The second-order valence-electron chi connectivity index (χ2n) is 6.85. The Hall–Kier alpha value is -2.63. The third kappa shape index (κ3) is 3.95. The van der Waals surface area contributed by atoms with E-state index in [0.29, 0.717) is 11.0 Å². The zero-order valence-electron chi connectivity index (χ0n) is 15.0. The topological polar surface area (TPSA) is 85.6 Å². The summed E-state index contributed by atoms with van der Waals surface area (Å²) in [5.41, 5.74) is 1.00. The molecule has 1 fully saturated rings. The molecule has 0 spiro atoms. The Labute approximate surface area is 151 Å². The van der Waals surface area contributed by atoms with E-state index < -0.39 is 18.0 Å². The number of amides is 1. The van der Waals surface area contributed by atoms with Crippen molar-refractivity contribution in [2.75, 3.05) is 0 Å². The summed E-state index contributed by atoms with van der Waals surface area (Å²) in [7, 11) is 0. The van der Waals surface area contributed by atoms with Crippen molar-refractivity contribution < 1.29 is 18.7 Å². The zero-order chi connectivity index (χ0) is 18.7. The Kier molecular flexibility index (Phi) is 5.40. The summed E-state index contributed by atoms with van der Waals surface area (Å²) < 4.78 is 10.7. The quantitative estimate of drug-likeness (QED) is 0.850. The lowest BCUT2D eigenvalue weighted by molar-refractivity contribution is -0.154. The van der Waals surface area contributed by atoms with Crippen molar-refractivity contribution in [3.8, 4) is 0 Å². The molecule has 0 aliphatic heterocycles. The molecule has 1 aliphatic carbocycles. The van der Waals surface area contributed by atoms with Crippen molar-refractivity contribution in [1.29, 1.82) is 0 Å². The smallest absolute Gasteiger partial charge is 0.303 e. The summed E-state index contributed by atoms with van der Waals surface area (Å²) >= 11 is 0. The molecule has 0 saturated heterocycles. The van der Waals surface area contributed by atoms with Gasteiger partial charge < -0.3 is 14.5 Å². The molecule has 1 aromatic heterocycles. The maximum Gasteiger partial charge on any atom is 0.303 e. The Balaban J connectivity index is 1.95. The van der Waals surface area contributed by atoms with E-state index in [9.17, 15) is 14.4 Å². The second-order valence-corrected chi connectivity index (χ2v) is 6.85. The fraction of sp³-hybridized carbons (Fsp3) is 0.450. The number of ether oxygens (including phenoxy) is 1. The summed E-state index contributed by atoms with van der Waals surface area (Å²) in [4.78, 5) is 37.1. The average molecular weight is 357 g/mol. The predicted octanol–water partition coefficient (Wildman–Crippen LogP) is 3.15. The minimum absolute atomic E-state index is 0.0339. The van der Waals surface area contributed by atoms with E-state index in [4.69, 9.17) is 9.15 Å². The van der Waals surface area contributed by atoms with E-state index in [1.165, 1.54) is 13.2 Å². The zero-order valence-corrected chi connectivity index (χ0v) is 15.0. The van der Waals surface area contributed by atoms with Gasteiger partial charge in [0.05, 0.1) is 10.9 Å². The molecule has 1 aliphatic rings. The molecule has 138 valence electrons. The molecule has 2 aromatic rings. The molecule has 1 unspecified atom stereocenters. The minimum Gasteiger partial charge on any atom is -0.464 e. The van der Waals surface area contributed by atoms with Crippen LogP contribution in [0.15, 0.2) is 33.7 Å². The third-order valence-electron chi connectivity index (χ3n) is 4.71. The van der Waals surface area contributed by atoms with Crippen LogP contribution in [0.3, 0.4) is 0 Å². The molecular weight excluding hydrogens is 334 g/mol. The number of carbonyl (C=O) groups is 2. The highest BCUT2D eigenvalue weighted by molar-refractivity contribution is 5.86. The molecule has 1 aromatic carbocycles. The molecule has 6 heteroatoms. The first-order chi connectivity index (χ1) is 12.5. The van der Waals surface area contributed by atoms with Gasteiger partial charge in [0.1, 0.15) is 11.8 Å². The van der Waals surface area contributed by atoms with E-state index in [1.807, 2.05) is 13.0 Å². The lowest BCUT2D eigenvalue weighted by Gasteiger charge is -2.25. The van der Waals surface area contributed by atoms with Crippen LogP contribution in [0.2, 0.25) is 0 Å². The van der Waals surface area contributed by atoms with E-state index in [1.54, 1.807) is 12.1 Å². The van der Waals surface area contributed by atoms with Crippen molar-refractivity contribution in [3.63, 3.8) is 0 Å². The van der Waals surface area contributed by atoms with Crippen LogP contribution in [0.25, 0.3) is 11.0 Å². The van der Waals surface area contributed by atoms with Crippen LogP contribution in [0.4, 0.5) is 0 Å². The highest BCUT2D eigenvalue weighted by atomic mass is 16.5. The van der Waals surface area contributed by atoms with Gasteiger partial charge in [0, 0.05) is 13.0 Å². The molecule has 1 heterocycles. The monoisotopic (exact) mass is 357 g/mol. The Bertz CT molecular complexity index is 879. The van der Waals surface area contributed by atoms with Crippen LogP contribution in [0.1, 0.15) is 56.3 Å². The van der Waals surface area contributed by atoms with Gasteiger partial charge in [-0.15, -0.1) is 0 Å². The van der Waals surface area contributed by atoms with Crippen LogP contribution < -0.4 is 10.7 Å². The lowest BCUT2D eigenvalue weighted by Crippen LogP contribution is -2.41. The lowest BCUT2D eigenvalue weighted by atomic mass is 9.95. The highest BCUT2D eigenvalue weighted by Gasteiger charge is 2.30. The first-order valence-corrected chi connectivity index (χ1v) is 8.95. The summed E-state index contributed by atoms with van der Waals surface area (Å²) in [6.45, 7) is 3.08. The van der Waals surface area contributed by atoms with Gasteiger partial charge in [-0.25, -0.2) is 0 Å². The van der Waals surface area contributed by atoms with Crippen LogP contribution in [-0.2, 0) is 14.3 Å². The first-order valence-electron chi connectivity index (χ1n) is 8.95. The molecule has 3 rings (SSSR count). The first kappa shape index (κ1) is 18.2. The molecule has 1 N–H and O–H groups in total. The van der Waals surface area contributed by atoms with Gasteiger partial charge >= 0.3 is 5.97 Å². The Morgan fingerprint density at radius 1 is 1.23 bits per heavy atom. The number of esters is 1. The van der Waals surface area contributed by atoms with E-state index in [2.05, 4.69) is 5.32 Å². The van der Waals surface area contributed by atoms with Crippen molar-refractivity contribution in [3.05, 3.63) is 45.8 Å². The number of hydrogen-bond acceptors (Lipinski definition) is 5. The van der Waals surface area contributed by atoms with Crippen LogP contribution >= 0.6 is 0 Å². The van der Waals surface area contributed by atoms with Gasteiger partial charge in [-0.3, -0.25) is 14.4 Å². The van der Waals surface area contributed by atoms with Crippen molar-refractivity contribution in [2.24, 2.45) is 0 Å². The summed E-state index contributed by atoms with van der Waals surface area (Å²) in [5.74, 6) is -1.11. The van der Waals surface area contributed by atoms with Gasteiger partial charge in [-0.1, -0.05) is 30.9 Å². The van der Waals surface area contributed by atoms with Crippen LogP contribution in [0, 0.1) is 6.92 Å². The van der Waals surface area contributed by atoms with E-state index >= 15 is 0 Å². The van der Waals surface area contributed by atoms with Gasteiger partial charge in [-0.05, 0) is 31.9 Å². The number of carbonyl (C=O) groups excluding carboxylic acids is 2. The number of nitrogens with one attached hydrogen (secondary N) is 1.